The summed E-state index contributed by atoms with van der Waals surface area (Å²) in [4.78, 5) is 16.9. The maximum atomic E-state index is 12.4. The first-order chi connectivity index (χ1) is 9.97. The van der Waals surface area contributed by atoms with Gasteiger partial charge in [0.2, 0.25) is 5.91 Å². The number of likely N-dealkylation sites (N-methyl/N-ethyl adjacent to an activating group) is 1. The van der Waals surface area contributed by atoms with Crippen molar-refractivity contribution < 1.29 is 4.79 Å². The molecule has 0 bridgehead atoms. The second-order valence-corrected chi connectivity index (χ2v) is 6.08. The van der Waals surface area contributed by atoms with Crippen LogP contribution in [0.3, 0.4) is 0 Å². The van der Waals surface area contributed by atoms with Gasteiger partial charge in [0.05, 0.1) is 6.04 Å². The lowest BCUT2D eigenvalue weighted by Gasteiger charge is -2.31. The van der Waals surface area contributed by atoms with Gasteiger partial charge >= 0.3 is 0 Å². The lowest BCUT2D eigenvalue weighted by Crippen LogP contribution is -2.47. The Bertz CT molecular complexity index is 472. The van der Waals surface area contributed by atoms with E-state index >= 15 is 0 Å². The molecule has 1 heterocycles. The molecule has 2 atom stereocenters. The van der Waals surface area contributed by atoms with E-state index in [1.54, 1.807) is 12.1 Å². The Kier molecular flexibility index (Phi) is 5.20. The van der Waals surface area contributed by atoms with Crippen LogP contribution in [0.1, 0.15) is 19.8 Å². The first kappa shape index (κ1) is 15.8. The number of benzene rings is 1. The molecule has 1 amide bonds. The van der Waals surface area contributed by atoms with Crippen LogP contribution >= 0.6 is 0 Å². The highest BCUT2D eigenvalue weighted by Crippen LogP contribution is 2.21. The molecule has 0 aliphatic carbocycles. The second-order valence-electron chi connectivity index (χ2n) is 6.08. The number of amides is 1. The molecule has 5 heteroatoms. The Balaban J connectivity index is 1.96. The van der Waals surface area contributed by atoms with Crippen LogP contribution in [0, 0.1) is 0 Å². The molecule has 0 radical (unpaired) electrons. The van der Waals surface area contributed by atoms with Gasteiger partial charge in [-0.05, 0) is 64.7 Å². The minimum atomic E-state index is -0.116. The molecule has 1 fully saturated rings. The van der Waals surface area contributed by atoms with Crippen molar-refractivity contribution >= 4 is 17.3 Å². The fraction of sp³-hybridized carbons (Fsp3) is 0.562. The number of nitrogens with zero attached hydrogens (tertiary/aromatic N) is 2. The van der Waals surface area contributed by atoms with Crippen molar-refractivity contribution in [1.29, 1.82) is 0 Å². The fourth-order valence-electron chi connectivity index (χ4n) is 2.95. The molecule has 0 aromatic heterocycles. The van der Waals surface area contributed by atoms with Gasteiger partial charge < -0.3 is 16.0 Å². The summed E-state index contributed by atoms with van der Waals surface area (Å²) in [5.74, 6) is 0.0467. The summed E-state index contributed by atoms with van der Waals surface area (Å²) in [6.07, 6.45) is 2.33. The molecule has 0 spiro atoms. The number of hydrogen-bond acceptors (Lipinski definition) is 4. The molecule has 1 aliphatic heterocycles. The average Bonchev–Trinajstić information content (AvgIpc) is 2.87. The van der Waals surface area contributed by atoms with Gasteiger partial charge in [-0.15, -0.1) is 0 Å². The minimum Gasteiger partial charge on any atom is -0.399 e. The average molecular weight is 290 g/mol. The van der Waals surface area contributed by atoms with E-state index in [0.717, 1.165) is 31.6 Å². The van der Waals surface area contributed by atoms with Crippen molar-refractivity contribution in [3.8, 4) is 0 Å². The predicted octanol–water partition coefficient (Wildman–Crippen LogP) is 1.62. The van der Waals surface area contributed by atoms with E-state index in [-0.39, 0.29) is 11.9 Å². The van der Waals surface area contributed by atoms with Crippen molar-refractivity contribution in [3.63, 3.8) is 0 Å². The summed E-state index contributed by atoms with van der Waals surface area (Å²) in [5, 5.41) is 2.97. The first-order valence-electron chi connectivity index (χ1n) is 7.54. The van der Waals surface area contributed by atoms with Crippen molar-refractivity contribution in [2.24, 2.45) is 0 Å². The van der Waals surface area contributed by atoms with Gasteiger partial charge in [-0.25, -0.2) is 0 Å². The highest BCUT2D eigenvalue weighted by molar-refractivity contribution is 5.94. The Labute approximate surface area is 127 Å². The Morgan fingerprint density at radius 3 is 2.71 bits per heavy atom. The number of carbonyl (C=O) groups is 1. The van der Waals surface area contributed by atoms with Crippen LogP contribution in [0.2, 0.25) is 0 Å². The van der Waals surface area contributed by atoms with Crippen LogP contribution in [-0.4, -0.2) is 55.0 Å². The van der Waals surface area contributed by atoms with E-state index in [1.165, 1.54) is 0 Å². The lowest BCUT2D eigenvalue weighted by molar-refractivity contribution is -0.121. The SMILES string of the molecule is CC(C(=O)Nc1ccc(N)cc1)N1CCCC1CN(C)C. The molecule has 0 saturated carbocycles. The number of rotatable bonds is 5. The summed E-state index contributed by atoms with van der Waals surface area (Å²) in [6.45, 7) is 3.98. The molecule has 1 saturated heterocycles. The summed E-state index contributed by atoms with van der Waals surface area (Å²) in [7, 11) is 4.16. The molecule has 21 heavy (non-hydrogen) atoms. The van der Waals surface area contributed by atoms with Crippen LogP contribution in [0.25, 0.3) is 0 Å². The largest absolute Gasteiger partial charge is 0.399 e. The van der Waals surface area contributed by atoms with Gasteiger partial charge in [0.1, 0.15) is 0 Å². The maximum absolute atomic E-state index is 12.4. The monoisotopic (exact) mass is 290 g/mol. The molecule has 5 nitrogen and oxygen atoms in total. The number of carbonyl (C=O) groups excluding carboxylic acids is 1. The normalized spacial score (nSPS) is 20.7. The lowest BCUT2D eigenvalue weighted by atomic mass is 10.1. The van der Waals surface area contributed by atoms with Crippen LogP contribution in [0.4, 0.5) is 11.4 Å². The Hall–Kier alpha value is -1.59. The van der Waals surface area contributed by atoms with E-state index in [1.807, 2.05) is 19.1 Å². The number of likely N-dealkylation sites (tertiary alicyclic amines) is 1. The van der Waals surface area contributed by atoms with E-state index in [0.29, 0.717) is 11.7 Å². The van der Waals surface area contributed by atoms with E-state index < -0.39 is 0 Å². The molecule has 1 aliphatic rings. The zero-order chi connectivity index (χ0) is 15.4. The van der Waals surface area contributed by atoms with Gasteiger partial charge in [0.25, 0.3) is 0 Å². The third-order valence-corrected chi connectivity index (χ3v) is 4.05. The van der Waals surface area contributed by atoms with Crippen molar-refractivity contribution in [2.45, 2.75) is 31.8 Å². The summed E-state index contributed by atoms with van der Waals surface area (Å²) >= 11 is 0. The zero-order valence-electron chi connectivity index (χ0n) is 13.2. The molecule has 116 valence electrons. The second kappa shape index (κ2) is 6.91. The van der Waals surface area contributed by atoms with Gasteiger partial charge in [-0.3, -0.25) is 9.69 Å². The summed E-state index contributed by atoms with van der Waals surface area (Å²) < 4.78 is 0. The van der Waals surface area contributed by atoms with Crippen LogP contribution in [0.15, 0.2) is 24.3 Å². The van der Waals surface area contributed by atoms with Gasteiger partial charge in [0, 0.05) is 24.0 Å². The minimum absolute atomic E-state index is 0.0467. The van der Waals surface area contributed by atoms with Gasteiger partial charge in [-0.2, -0.15) is 0 Å². The molecule has 3 N–H and O–H groups in total. The molecule has 1 aromatic rings. The highest BCUT2D eigenvalue weighted by atomic mass is 16.2. The van der Waals surface area contributed by atoms with E-state index in [4.69, 9.17) is 5.73 Å². The number of nitrogens with one attached hydrogen (secondary N) is 1. The van der Waals surface area contributed by atoms with Crippen LogP contribution in [0.5, 0.6) is 0 Å². The zero-order valence-corrected chi connectivity index (χ0v) is 13.2. The molecule has 2 unspecified atom stereocenters. The number of nitrogens with two attached hydrogens (primary N) is 1. The quantitative estimate of drug-likeness (QED) is 0.809. The standard InChI is InChI=1S/C16H26N4O/c1-12(20-10-4-5-15(20)11-19(2)3)16(21)18-14-8-6-13(17)7-9-14/h6-9,12,15H,4-5,10-11,17H2,1-3H3,(H,18,21). The first-order valence-corrected chi connectivity index (χ1v) is 7.54. The van der Waals surface area contributed by atoms with E-state index in [9.17, 15) is 4.79 Å². The number of nitrogen functional groups attached to an aromatic ring is 1. The summed E-state index contributed by atoms with van der Waals surface area (Å²) in [5.41, 5.74) is 7.15. The molecule has 2 rings (SSSR count). The van der Waals surface area contributed by atoms with Gasteiger partial charge in [-0.1, -0.05) is 0 Å². The van der Waals surface area contributed by atoms with Gasteiger partial charge in [0.15, 0.2) is 0 Å². The van der Waals surface area contributed by atoms with Crippen molar-refractivity contribution in [3.05, 3.63) is 24.3 Å². The highest BCUT2D eigenvalue weighted by Gasteiger charge is 2.32. The summed E-state index contributed by atoms with van der Waals surface area (Å²) in [6, 6.07) is 7.61. The molecular formula is C16H26N4O. The third-order valence-electron chi connectivity index (χ3n) is 4.05. The van der Waals surface area contributed by atoms with Crippen LogP contribution < -0.4 is 11.1 Å². The number of hydrogen-bond donors (Lipinski definition) is 2. The number of anilines is 2. The topological polar surface area (TPSA) is 61.6 Å². The van der Waals surface area contributed by atoms with Crippen molar-refractivity contribution in [1.82, 2.24) is 9.80 Å². The predicted molar refractivity (Wildman–Crippen MR) is 87.2 cm³/mol. The molecule has 1 aromatic carbocycles. The third kappa shape index (κ3) is 4.19. The Morgan fingerprint density at radius 1 is 1.43 bits per heavy atom. The smallest absolute Gasteiger partial charge is 0.241 e. The Morgan fingerprint density at radius 2 is 2.10 bits per heavy atom. The van der Waals surface area contributed by atoms with Crippen LogP contribution in [-0.2, 0) is 4.79 Å². The molecular weight excluding hydrogens is 264 g/mol. The van der Waals surface area contributed by atoms with Crippen molar-refractivity contribution in [2.75, 3.05) is 38.2 Å². The fourth-order valence-corrected chi connectivity index (χ4v) is 2.95. The van der Waals surface area contributed by atoms with E-state index in [2.05, 4.69) is 29.2 Å². The maximum Gasteiger partial charge on any atom is 0.241 e.